The van der Waals surface area contributed by atoms with Crippen molar-refractivity contribution in [1.29, 1.82) is 0 Å². The van der Waals surface area contributed by atoms with Gasteiger partial charge in [0, 0.05) is 17.7 Å². The van der Waals surface area contributed by atoms with Crippen molar-refractivity contribution in [1.82, 2.24) is 0 Å². The van der Waals surface area contributed by atoms with Gasteiger partial charge in [-0.1, -0.05) is 65.9 Å². The first-order valence-corrected chi connectivity index (χ1v) is 10.3. The third kappa shape index (κ3) is 3.86. The molecule has 0 radical (unpaired) electrons. The van der Waals surface area contributed by atoms with E-state index in [0.29, 0.717) is 16.5 Å². The Balaban J connectivity index is 0.00000218. The highest BCUT2D eigenvalue weighted by atomic mass is 79.9. The fourth-order valence-corrected chi connectivity index (χ4v) is 4.54. The summed E-state index contributed by atoms with van der Waals surface area (Å²) in [6.45, 7) is 0.775. The molecule has 5 aromatic rings. The summed E-state index contributed by atoms with van der Waals surface area (Å²) in [6.07, 6.45) is 5.40. The van der Waals surface area contributed by atoms with Crippen LogP contribution in [0.2, 0.25) is 0 Å². The summed E-state index contributed by atoms with van der Waals surface area (Å²) in [5, 5.41) is 1.69. The van der Waals surface area contributed by atoms with Gasteiger partial charge in [0.1, 0.15) is 16.5 Å². The third-order valence-electron chi connectivity index (χ3n) is 4.93. The Hall–Kier alpha value is -3.02. The first-order valence-electron chi connectivity index (χ1n) is 9.43. The normalized spacial score (nSPS) is 11.2. The predicted octanol–water partition coefficient (Wildman–Crippen LogP) is 2.52. The summed E-state index contributed by atoms with van der Waals surface area (Å²) in [4.78, 5) is 12.8. The van der Waals surface area contributed by atoms with Crippen molar-refractivity contribution in [3.05, 3.63) is 111 Å². The Labute approximate surface area is 188 Å². The number of para-hydroxylation sites is 2. The highest BCUT2D eigenvalue weighted by molar-refractivity contribution is 7.18. The Bertz CT molecular complexity index is 1400. The Morgan fingerprint density at radius 2 is 1.60 bits per heavy atom. The van der Waals surface area contributed by atoms with Gasteiger partial charge in [-0.3, -0.25) is 4.79 Å². The highest BCUT2D eigenvalue weighted by Crippen LogP contribution is 2.22. The van der Waals surface area contributed by atoms with Crippen molar-refractivity contribution in [2.24, 2.45) is 0 Å². The molecular weight excluding hydrogens is 458 g/mol. The van der Waals surface area contributed by atoms with E-state index in [4.69, 9.17) is 4.42 Å². The van der Waals surface area contributed by atoms with Crippen LogP contribution in [0.4, 0.5) is 0 Å². The van der Waals surface area contributed by atoms with Crippen LogP contribution in [0.25, 0.3) is 33.3 Å². The van der Waals surface area contributed by atoms with Gasteiger partial charge in [0.05, 0.1) is 10.9 Å². The summed E-state index contributed by atoms with van der Waals surface area (Å²) >= 11 is 1.72. The number of fused-ring (bicyclic) bond motifs is 2. The second kappa shape index (κ2) is 8.78. The fourth-order valence-electron chi connectivity index (χ4n) is 3.48. The minimum Gasteiger partial charge on any atom is -1.00 e. The van der Waals surface area contributed by atoms with E-state index in [-0.39, 0.29) is 22.4 Å². The molecule has 3 nitrogen and oxygen atoms in total. The molecule has 0 fully saturated rings. The van der Waals surface area contributed by atoms with E-state index in [2.05, 4.69) is 53.1 Å². The van der Waals surface area contributed by atoms with Crippen molar-refractivity contribution >= 4 is 44.7 Å². The number of aromatic nitrogens is 1. The Kier molecular flexibility index (Phi) is 5.93. The van der Waals surface area contributed by atoms with Crippen LogP contribution >= 0.6 is 11.3 Å². The van der Waals surface area contributed by atoms with Gasteiger partial charge in [-0.2, -0.15) is 4.57 Å². The number of halogens is 1. The molecule has 0 N–H and O–H groups in total. The van der Waals surface area contributed by atoms with Gasteiger partial charge >= 0.3 is 0 Å². The molecule has 5 rings (SSSR count). The van der Waals surface area contributed by atoms with E-state index in [1.54, 1.807) is 17.4 Å². The van der Waals surface area contributed by atoms with E-state index in [9.17, 15) is 4.79 Å². The second-order valence-corrected chi connectivity index (χ2v) is 7.89. The minimum atomic E-state index is -0.0150. The zero-order chi connectivity index (χ0) is 19.6. The van der Waals surface area contributed by atoms with E-state index < -0.39 is 0 Å². The lowest BCUT2D eigenvalue weighted by Crippen LogP contribution is -3.00. The van der Waals surface area contributed by atoms with Crippen molar-refractivity contribution in [3.63, 3.8) is 0 Å². The number of nitrogens with zero attached hydrogens (tertiary/aromatic N) is 1. The first kappa shape index (κ1) is 20.3. The number of benzene rings is 3. The molecule has 0 amide bonds. The van der Waals surface area contributed by atoms with Crippen LogP contribution in [0.1, 0.15) is 16.1 Å². The van der Waals surface area contributed by atoms with Crippen molar-refractivity contribution < 1.29 is 26.0 Å². The standard InChI is InChI=1S/C25H18NO2S.BrH/c27-25-19(17-28-22-12-6-4-10-20(22)25)14-15-24-26(16-18-8-2-1-3-9-18)21-11-5-7-13-23(21)29-24;/h1-15,17H,16H2;1H/q+1;/p-1/b15-14+;. The molecule has 0 saturated carbocycles. The summed E-state index contributed by atoms with van der Waals surface area (Å²) in [5.41, 5.74) is 3.56. The van der Waals surface area contributed by atoms with Gasteiger partial charge in [-0.05, 0) is 24.3 Å². The highest BCUT2D eigenvalue weighted by Gasteiger charge is 2.18. The molecule has 3 aromatic carbocycles. The molecule has 5 heteroatoms. The molecule has 0 spiro atoms. The quantitative estimate of drug-likeness (QED) is 0.374. The third-order valence-corrected chi connectivity index (χ3v) is 6.06. The van der Waals surface area contributed by atoms with Gasteiger partial charge in [0.15, 0.2) is 12.0 Å². The average molecular weight is 476 g/mol. The lowest BCUT2D eigenvalue weighted by molar-refractivity contribution is -0.659. The molecule has 30 heavy (non-hydrogen) atoms. The van der Waals surface area contributed by atoms with Gasteiger partial charge in [0.2, 0.25) is 5.52 Å². The Morgan fingerprint density at radius 1 is 0.867 bits per heavy atom. The average Bonchev–Trinajstić information content (AvgIpc) is 3.12. The summed E-state index contributed by atoms with van der Waals surface area (Å²) in [5.74, 6) is 0. The van der Waals surface area contributed by atoms with E-state index in [1.807, 2.05) is 36.4 Å². The molecule has 0 saturated heterocycles. The van der Waals surface area contributed by atoms with Gasteiger partial charge in [-0.15, -0.1) is 0 Å². The topological polar surface area (TPSA) is 34.1 Å². The number of hydrogen-bond acceptors (Lipinski definition) is 3. The van der Waals surface area contributed by atoms with Crippen molar-refractivity contribution in [3.8, 4) is 0 Å². The van der Waals surface area contributed by atoms with Crippen LogP contribution < -0.4 is 27.0 Å². The largest absolute Gasteiger partial charge is 1.00 e. The molecule has 2 aromatic heterocycles. The molecule has 0 aliphatic heterocycles. The fraction of sp³-hybridized carbons (Fsp3) is 0.0400. The summed E-state index contributed by atoms with van der Waals surface area (Å²) in [6, 6.07) is 26.1. The summed E-state index contributed by atoms with van der Waals surface area (Å²) < 4.78 is 9.14. The van der Waals surface area contributed by atoms with Gasteiger partial charge in [-0.25, -0.2) is 0 Å². The zero-order valence-electron chi connectivity index (χ0n) is 16.0. The lowest BCUT2D eigenvalue weighted by Gasteiger charge is -1.99. The second-order valence-electron chi connectivity index (χ2n) is 6.83. The van der Waals surface area contributed by atoms with Gasteiger partial charge < -0.3 is 21.4 Å². The van der Waals surface area contributed by atoms with Crippen LogP contribution in [-0.2, 0) is 6.54 Å². The molecule has 148 valence electrons. The van der Waals surface area contributed by atoms with Crippen LogP contribution in [0.15, 0.2) is 94.3 Å². The Morgan fingerprint density at radius 3 is 2.47 bits per heavy atom. The van der Waals surface area contributed by atoms with Crippen LogP contribution in [0.3, 0.4) is 0 Å². The molecule has 0 unspecified atom stereocenters. The monoisotopic (exact) mass is 475 g/mol. The maximum absolute atomic E-state index is 12.8. The van der Waals surface area contributed by atoms with E-state index in [1.165, 1.54) is 22.0 Å². The van der Waals surface area contributed by atoms with Crippen LogP contribution in [0, 0.1) is 0 Å². The zero-order valence-corrected chi connectivity index (χ0v) is 18.4. The van der Waals surface area contributed by atoms with Gasteiger partial charge in [0.25, 0.3) is 5.01 Å². The number of thiazole rings is 1. The molecule has 0 bridgehead atoms. The molecular formula is C25H18BrNO2S. The number of rotatable bonds is 4. The SMILES string of the molecule is O=c1c(/C=C/c2sc3ccccc3[n+]2Cc2ccccc2)coc2ccccc12.[Br-]. The van der Waals surface area contributed by atoms with E-state index >= 15 is 0 Å². The molecule has 2 heterocycles. The molecule has 0 atom stereocenters. The smallest absolute Gasteiger partial charge is 0.263 e. The first-order chi connectivity index (χ1) is 14.3. The molecule has 0 aliphatic carbocycles. The summed E-state index contributed by atoms with van der Waals surface area (Å²) in [7, 11) is 0. The van der Waals surface area contributed by atoms with Crippen LogP contribution in [0.5, 0.6) is 0 Å². The lowest BCUT2D eigenvalue weighted by atomic mass is 10.1. The number of hydrogen-bond donors (Lipinski definition) is 0. The maximum atomic E-state index is 12.8. The minimum absolute atomic E-state index is 0. The van der Waals surface area contributed by atoms with E-state index in [0.717, 1.165) is 11.6 Å². The maximum Gasteiger partial charge on any atom is 0.263 e. The van der Waals surface area contributed by atoms with Crippen LogP contribution in [-0.4, -0.2) is 0 Å². The van der Waals surface area contributed by atoms with Crippen molar-refractivity contribution in [2.45, 2.75) is 6.54 Å². The van der Waals surface area contributed by atoms with Crippen molar-refractivity contribution in [2.75, 3.05) is 0 Å². The predicted molar refractivity (Wildman–Crippen MR) is 119 cm³/mol. The molecule has 0 aliphatic rings.